The lowest BCUT2D eigenvalue weighted by Gasteiger charge is -2.16. The van der Waals surface area contributed by atoms with Crippen LogP contribution in [0, 0.1) is 0 Å². The lowest BCUT2D eigenvalue weighted by atomic mass is 10.2. The Morgan fingerprint density at radius 3 is 2.53 bits per heavy atom. The number of amides is 1. The van der Waals surface area contributed by atoms with Gasteiger partial charge in [-0.25, -0.2) is 4.79 Å². The van der Waals surface area contributed by atoms with E-state index in [1.54, 1.807) is 0 Å². The summed E-state index contributed by atoms with van der Waals surface area (Å²) in [4.78, 5) is 21.9. The van der Waals surface area contributed by atoms with Crippen LogP contribution in [0.25, 0.3) is 0 Å². The zero-order valence-corrected chi connectivity index (χ0v) is 9.29. The first-order valence-electron chi connectivity index (χ1n) is 4.41. The van der Waals surface area contributed by atoms with Crippen LogP contribution in [0.5, 0.6) is 0 Å². The maximum absolute atomic E-state index is 11.2. The van der Waals surface area contributed by atoms with Crippen LogP contribution in [0.4, 0.5) is 0 Å². The Balaban J connectivity index is 4.16. The van der Waals surface area contributed by atoms with Gasteiger partial charge in [0.1, 0.15) is 12.1 Å². The molecule has 0 bridgehead atoms. The molecule has 0 heterocycles. The second-order valence-corrected chi connectivity index (χ2v) is 3.96. The molecule has 2 unspecified atom stereocenters. The molecule has 0 aliphatic carbocycles. The van der Waals surface area contributed by atoms with Gasteiger partial charge in [-0.3, -0.25) is 4.79 Å². The molecule has 0 spiro atoms. The van der Waals surface area contributed by atoms with Crippen molar-refractivity contribution in [2.75, 3.05) is 18.6 Å². The summed E-state index contributed by atoms with van der Waals surface area (Å²) in [5, 5.41) is 19.6. The molecule has 0 radical (unpaired) electrons. The third-order valence-corrected chi connectivity index (χ3v) is 2.40. The zero-order chi connectivity index (χ0) is 11.8. The smallest absolute Gasteiger partial charge is 0.326 e. The molecule has 0 rings (SSSR count). The highest BCUT2D eigenvalue weighted by Gasteiger charge is 2.22. The average Bonchev–Trinajstić information content (AvgIpc) is 2.22. The van der Waals surface area contributed by atoms with Crippen molar-refractivity contribution in [2.24, 2.45) is 5.73 Å². The van der Waals surface area contributed by atoms with Crippen molar-refractivity contribution in [3.8, 4) is 0 Å². The summed E-state index contributed by atoms with van der Waals surface area (Å²) in [5.74, 6) is -1.11. The molecule has 88 valence electrons. The molecule has 0 aliphatic rings. The highest BCUT2D eigenvalue weighted by Crippen LogP contribution is 2.01. The predicted molar refractivity (Wildman–Crippen MR) is 57.6 cm³/mol. The number of carboxylic acid groups (broad SMARTS) is 1. The van der Waals surface area contributed by atoms with Gasteiger partial charge in [0.05, 0.1) is 6.61 Å². The number of carbonyl (C=O) groups is 2. The maximum atomic E-state index is 11.2. The van der Waals surface area contributed by atoms with Crippen LogP contribution in [-0.2, 0) is 9.59 Å². The van der Waals surface area contributed by atoms with E-state index < -0.39 is 30.6 Å². The van der Waals surface area contributed by atoms with Gasteiger partial charge in [0.15, 0.2) is 0 Å². The van der Waals surface area contributed by atoms with E-state index in [-0.39, 0.29) is 0 Å². The van der Waals surface area contributed by atoms with Crippen LogP contribution in [0.15, 0.2) is 0 Å². The highest BCUT2D eigenvalue weighted by atomic mass is 32.2. The van der Waals surface area contributed by atoms with Gasteiger partial charge in [-0.1, -0.05) is 0 Å². The quantitative estimate of drug-likeness (QED) is 0.434. The Bertz CT molecular complexity index is 225. The van der Waals surface area contributed by atoms with Crippen LogP contribution in [0.1, 0.15) is 6.42 Å². The minimum atomic E-state index is -1.09. The SMILES string of the molecule is CSCCC(NC(=O)C(N)CO)C(=O)O. The topological polar surface area (TPSA) is 113 Å². The van der Waals surface area contributed by atoms with Crippen molar-refractivity contribution >= 4 is 23.6 Å². The molecule has 5 N–H and O–H groups in total. The number of nitrogens with one attached hydrogen (secondary N) is 1. The summed E-state index contributed by atoms with van der Waals surface area (Å²) >= 11 is 1.49. The highest BCUT2D eigenvalue weighted by molar-refractivity contribution is 7.98. The van der Waals surface area contributed by atoms with E-state index in [1.165, 1.54) is 11.8 Å². The molecule has 0 saturated heterocycles. The predicted octanol–water partition coefficient (Wildman–Crippen LogP) is -1.37. The Hall–Kier alpha value is -0.790. The van der Waals surface area contributed by atoms with E-state index in [0.29, 0.717) is 12.2 Å². The Morgan fingerprint density at radius 2 is 2.13 bits per heavy atom. The van der Waals surface area contributed by atoms with Gasteiger partial charge >= 0.3 is 5.97 Å². The van der Waals surface area contributed by atoms with Crippen LogP contribution in [0.3, 0.4) is 0 Å². The second-order valence-electron chi connectivity index (χ2n) is 2.97. The molecule has 0 aromatic carbocycles. The molecule has 0 fully saturated rings. The second kappa shape index (κ2) is 7.49. The van der Waals surface area contributed by atoms with E-state index in [2.05, 4.69) is 5.32 Å². The van der Waals surface area contributed by atoms with Gasteiger partial charge in [0.25, 0.3) is 0 Å². The summed E-state index contributed by atoms with van der Waals surface area (Å²) in [6.07, 6.45) is 2.18. The number of nitrogens with two attached hydrogens (primary N) is 1. The molecule has 0 aliphatic heterocycles. The lowest BCUT2D eigenvalue weighted by Crippen LogP contribution is -2.49. The molecule has 6 nitrogen and oxygen atoms in total. The first-order chi connectivity index (χ1) is 7.02. The van der Waals surface area contributed by atoms with Gasteiger partial charge in [-0.2, -0.15) is 11.8 Å². The normalized spacial score (nSPS) is 14.3. The van der Waals surface area contributed by atoms with Crippen molar-refractivity contribution in [1.29, 1.82) is 0 Å². The third kappa shape index (κ3) is 5.60. The summed E-state index contributed by atoms with van der Waals surface area (Å²) in [6.45, 7) is -0.499. The fourth-order valence-electron chi connectivity index (χ4n) is 0.855. The molecular formula is C8H16N2O4S. The van der Waals surface area contributed by atoms with Crippen molar-refractivity contribution < 1.29 is 19.8 Å². The maximum Gasteiger partial charge on any atom is 0.326 e. The minimum absolute atomic E-state index is 0.334. The van der Waals surface area contributed by atoms with Gasteiger partial charge in [0, 0.05) is 0 Å². The summed E-state index contributed by atoms with van der Waals surface area (Å²) in [6, 6.07) is -2.01. The molecule has 0 saturated carbocycles. The van der Waals surface area contributed by atoms with Gasteiger partial charge in [-0.15, -0.1) is 0 Å². The number of aliphatic hydroxyl groups excluding tert-OH is 1. The fraction of sp³-hybridized carbons (Fsp3) is 0.750. The number of rotatable bonds is 7. The minimum Gasteiger partial charge on any atom is -0.480 e. The Labute approximate surface area is 92.2 Å². The first-order valence-corrected chi connectivity index (χ1v) is 5.80. The zero-order valence-electron chi connectivity index (χ0n) is 8.47. The number of thioether (sulfide) groups is 1. The van der Waals surface area contributed by atoms with Gasteiger partial charge in [0.2, 0.25) is 5.91 Å². The van der Waals surface area contributed by atoms with E-state index >= 15 is 0 Å². The van der Waals surface area contributed by atoms with E-state index in [1.807, 2.05) is 6.26 Å². The number of hydrogen-bond acceptors (Lipinski definition) is 5. The standard InChI is InChI=1S/C8H16N2O4S/c1-15-3-2-6(8(13)14)10-7(12)5(9)4-11/h5-6,11H,2-4,9H2,1H3,(H,10,12)(H,13,14). The van der Waals surface area contributed by atoms with Crippen molar-refractivity contribution in [3.63, 3.8) is 0 Å². The Morgan fingerprint density at radius 1 is 1.53 bits per heavy atom. The lowest BCUT2D eigenvalue weighted by molar-refractivity contribution is -0.142. The summed E-state index contributed by atoms with van der Waals surface area (Å²) in [7, 11) is 0. The van der Waals surface area contributed by atoms with Crippen molar-refractivity contribution in [1.82, 2.24) is 5.32 Å². The average molecular weight is 236 g/mol. The van der Waals surface area contributed by atoms with Gasteiger partial charge < -0.3 is 21.3 Å². The third-order valence-electron chi connectivity index (χ3n) is 1.76. The van der Waals surface area contributed by atoms with Gasteiger partial charge in [-0.05, 0) is 18.4 Å². The fourth-order valence-corrected chi connectivity index (χ4v) is 1.33. The number of carboxylic acids is 1. The van der Waals surface area contributed by atoms with Crippen LogP contribution in [-0.4, -0.2) is 52.8 Å². The molecule has 7 heteroatoms. The summed E-state index contributed by atoms with van der Waals surface area (Å²) in [5.41, 5.74) is 5.23. The molecular weight excluding hydrogens is 220 g/mol. The van der Waals surface area contributed by atoms with E-state index in [0.717, 1.165) is 0 Å². The number of carbonyl (C=O) groups excluding carboxylic acids is 1. The monoisotopic (exact) mass is 236 g/mol. The van der Waals surface area contributed by atoms with Crippen LogP contribution in [0.2, 0.25) is 0 Å². The summed E-state index contributed by atoms with van der Waals surface area (Å²) < 4.78 is 0. The largest absolute Gasteiger partial charge is 0.480 e. The number of aliphatic hydroxyl groups is 1. The van der Waals surface area contributed by atoms with E-state index in [4.69, 9.17) is 15.9 Å². The molecule has 1 amide bonds. The molecule has 15 heavy (non-hydrogen) atoms. The van der Waals surface area contributed by atoms with Crippen molar-refractivity contribution in [2.45, 2.75) is 18.5 Å². The van der Waals surface area contributed by atoms with Crippen molar-refractivity contribution in [3.05, 3.63) is 0 Å². The molecule has 0 aromatic heterocycles. The molecule has 0 aromatic rings. The van der Waals surface area contributed by atoms with Crippen LogP contribution < -0.4 is 11.1 Å². The number of aliphatic carboxylic acids is 1. The first kappa shape index (κ1) is 14.2. The van der Waals surface area contributed by atoms with Crippen LogP contribution >= 0.6 is 11.8 Å². The van der Waals surface area contributed by atoms with E-state index in [9.17, 15) is 9.59 Å². The number of hydrogen-bond donors (Lipinski definition) is 4. The Kier molecular flexibility index (Phi) is 7.10. The molecule has 2 atom stereocenters.